The number of halogens is 2. The number of fused-ring (bicyclic) bond motifs is 1. The highest BCUT2D eigenvalue weighted by atomic mass is 19.2. The number of anilines is 2. The number of rotatable bonds is 3. The van der Waals surface area contributed by atoms with Crippen molar-refractivity contribution in [3.63, 3.8) is 0 Å². The van der Waals surface area contributed by atoms with Crippen LogP contribution in [0.4, 0.5) is 20.2 Å². The molecule has 3 rings (SSSR count). The third-order valence-electron chi connectivity index (χ3n) is 3.50. The zero-order valence-corrected chi connectivity index (χ0v) is 11.4. The minimum Gasteiger partial charge on any atom is -0.326 e. The second-order valence-corrected chi connectivity index (χ2v) is 5.01. The average molecular weight is 302 g/mol. The first-order valence-electron chi connectivity index (χ1n) is 6.69. The summed E-state index contributed by atoms with van der Waals surface area (Å²) in [7, 11) is 0. The molecule has 0 saturated heterocycles. The molecule has 1 heterocycles. The minimum atomic E-state index is -1.04. The fraction of sp³-hybridized carbons (Fsp3) is 0.125. The van der Waals surface area contributed by atoms with Gasteiger partial charge in [0.05, 0.1) is 5.92 Å². The first kappa shape index (κ1) is 14.2. The van der Waals surface area contributed by atoms with Crippen molar-refractivity contribution in [1.82, 2.24) is 0 Å². The molecule has 1 atom stereocenters. The van der Waals surface area contributed by atoms with Crippen LogP contribution in [0, 0.1) is 11.6 Å². The average Bonchev–Trinajstić information content (AvgIpc) is 2.79. The largest absolute Gasteiger partial charge is 0.326 e. The van der Waals surface area contributed by atoms with Crippen LogP contribution in [0.25, 0.3) is 0 Å². The molecule has 0 radical (unpaired) electrons. The number of para-hydroxylation sites is 1. The fourth-order valence-electron chi connectivity index (χ4n) is 2.45. The number of carbonyl (C=O) groups excluding carboxylic acids is 2. The molecule has 1 unspecified atom stereocenters. The van der Waals surface area contributed by atoms with E-state index >= 15 is 0 Å². The number of amides is 2. The predicted molar refractivity (Wildman–Crippen MR) is 77.4 cm³/mol. The molecule has 0 aliphatic carbocycles. The molecule has 4 nitrogen and oxygen atoms in total. The van der Waals surface area contributed by atoms with Crippen LogP contribution < -0.4 is 10.6 Å². The van der Waals surface area contributed by atoms with Crippen LogP contribution in [-0.2, 0) is 9.59 Å². The summed E-state index contributed by atoms with van der Waals surface area (Å²) in [6.45, 7) is 0. The van der Waals surface area contributed by atoms with E-state index in [0.717, 1.165) is 17.7 Å². The van der Waals surface area contributed by atoms with E-state index in [1.807, 2.05) is 0 Å². The van der Waals surface area contributed by atoms with Gasteiger partial charge in [-0.15, -0.1) is 0 Å². The maximum Gasteiger partial charge on any atom is 0.232 e. The van der Waals surface area contributed by atoms with Gasteiger partial charge >= 0.3 is 0 Å². The van der Waals surface area contributed by atoms with Gasteiger partial charge in [0.1, 0.15) is 0 Å². The summed E-state index contributed by atoms with van der Waals surface area (Å²) >= 11 is 0. The van der Waals surface area contributed by atoms with Gasteiger partial charge in [-0.05, 0) is 23.8 Å². The second-order valence-electron chi connectivity index (χ2n) is 5.01. The smallest absolute Gasteiger partial charge is 0.232 e. The Labute approximate surface area is 125 Å². The SMILES string of the molecule is O=C(CC1C(=O)Nc2ccccc21)Nc1ccc(F)c(F)c1. The second kappa shape index (κ2) is 5.55. The van der Waals surface area contributed by atoms with Gasteiger partial charge in [0.2, 0.25) is 11.8 Å². The zero-order chi connectivity index (χ0) is 15.7. The van der Waals surface area contributed by atoms with Gasteiger partial charge in [-0.3, -0.25) is 9.59 Å². The molecule has 0 aromatic heterocycles. The van der Waals surface area contributed by atoms with Crippen LogP contribution in [-0.4, -0.2) is 11.8 Å². The van der Waals surface area contributed by atoms with E-state index in [-0.39, 0.29) is 18.0 Å². The number of nitrogens with one attached hydrogen (secondary N) is 2. The van der Waals surface area contributed by atoms with E-state index in [9.17, 15) is 18.4 Å². The van der Waals surface area contributed by atoms with Gasteiger partial charge in [0, 0.05) is 23.9 Å². The Morgan fingerprint density at radius 3 is 2.68 bits per heavy atom. The van der Waals surface area contributed by atoms with Crippen LogP contribution in [0.1, 0.15) is 17.9 Å². The monoisotopic (exact) mass is 302 g/mol. The summed E-state index contributed by atoms with van der Waals surface area (Å²) in [5, 5.41) is 5.17. The highest BCUT2D eigenvalue weighted by Gasteiger charge is 2.31. The predicted octanol–water partition coefficient (Wildman–Crippen LogP) is 3.03. The van der Waals surface area contributed by atoms with Crippen LogP contribution in [0.2, 0.25) is 0 Å². The summed E-state index contributed by atoms with van der Waals surface area (Å²) in [6, 6.07) is 10.2. The van der Waals surface area contributed by atoms with E-state index in [0.29, 0.717) is 5.69 Å². The molecule has 1 aliphatic heterocycles. The Morgan fingerprint density at radius 2 is 1.91 bits per heavy atom. The van der Waals surface area contributed by atoms with Crippen molar-refractivity contribution in [3.8, 4) is 0 Å². The Bertz CT molecular complexity index is 762. The van der Waals surface area contributed by atoms with E-state index in [2.05, 4.69) is 10.6 Å². The molecule has 2 amide bonds. The zero-order valence-electron chi connectivity index (χ0n) is 11.4. The molecule has 0 bridgehead atoms. The maximum absolute atomic E-state index is 13.1. The Kier molecular flexibility index (Phi) is 3.58. The number of hydrogen-bond acceptors (Lipinski definition) is 2. The molecular formula is C16H12F2N2O2. The molecule has 0 spiro atoms. The molecule has 22 heavy (non-hydrogen) atoms. The normalized spacial score (nSPS) is 16.1. The molecule has 2 aromatic carbocycles. The van der Waals surface area contributed by atoms with Crippen molar-refractivity contribution >= 4 is 23.2 Å². The lowest BCUT2D eigenvalue weighted by atomic mass is 9.97. The topological polar surface area (TPSA) is 58.2 Å². The van der Waals surface area contributed by atoms with Crippen LogP contribution in [0.3, 0.4) is 0 Å². The summed E-state index contributed by atoms with van der Waals surface area (Å²) in [4.78, 5) is 23.9. The van der Waals surface area contributed by atoms with Gasteiger partial charge in [-0.1, -0.05) is 18.2 Å². The Morgan fingerprint density at radius 1 is 1.14 bits per heavy atom. The van der Waals surface area contributed by atoms with Crippen molar-refractivity contribution in [2.75, 3.05) is 10.6 Å². The number of hydrogen-bond donors (Lipinski definition) is 2. The summed E-state index contributed by atoms with van der Waals surface area (Å²) in [5.41, 5.74) is 1.60. The van der Waals surface area contributed by atoms with Crippen molar-refractivity contribution in [3.05, 3.63) is 59.7 Å². The Balaban J connectivity index is 1.72. The fourth-order valence-corrected chi connectivity index (χ4v) is 2.45. The first-order chi connectivity index (χ1) is 10.5. The van der Waals surface area contributed by atoms with E-state index < -0.39 is 23.5 Å². The number of benzene rings is 2. The summed E-state index contributed by atoms with van der Waals surface area (Å²) in [6.07, 6.45) is -0.0676. The molecule has 6 heteroatoms. The Hall–Kier alpha value is -2.76. The van der Waals surface area contributed by atoms with Crippen molar-refractivity contribution in [2.45, 2.75) is 12.3 Å². The van der Waals surface area contributed by atoms with Crippen LogP contribution >= 0.6 is 0 Å². The molecule has 112 valence electrons. The molecule has 2 aromatic rings. The third kappa shape index (κ3) is 2.67. The summed E-state index contributed by atoms with van der Waals surface area (Å²) < 4.78 is 25.9. The quantitative estimate of drug-likeness (QED) is 0.915. The minimum absolute atomic E-state index is 0.0676. The third-order valence-corrected chi connectivity index (χ3v) is 3.50. The highest BCUT2D eigenvalue weighted by Crippen LogP contribution is 2.34. The van der Waals surface area contributed by atoms with Crippen molar-refractivity contribution in [1.29, 1.82) is 0 Å². The summed E-state index contributed by atoms with van der Waals surface area (Å²) in [5.74, 6) is -3.30. The number of carbonyl (C=O) groups is 2. The van der Waals surface area contributed by atoms with E-state index in [1.165, 1.54) is 6.07 Å². The molecule has 2 N–H and O–H groups in total. The van der Waals surface area contributed by atoms with Gasteiger partial charge in [-0.25, -0.2) is 8.78 Å². The van der Waals surface area contributed by atoms with E-state index in [1.54, 1.807) is 24.3 Å². The molecule has 1 aliphatic rings. The maximum atomic E-state index is 13.1. The van der Waals surface area contributed by atoms with Crippen molar-refractivity contribution in [2.24, 2.45) is 0 Å². The van der Waals surface area contributed by atoms with Gasteiger partial charge in [0.15, 0.2) is 11.6 Å². The van der Waals surface area contributed by atoms with Crippen LogP contribution in [0.5, 0.6) is 0 Å². The lowest BCUT2D eigenvalue weighted by Gasteiger charge is -2.10. The van der Waals surface area contributed by atoms with Crippen LogP contribution in [0.15, 0.2) is 42.5 Å². The first-order valence-corrected chi connectivity index (χ1v) is 6.69. The van der Waals surface area contributed by atoms with Gasteiger partial charge < -0.3 is 10.6 Å². The lowest BCUT2D eigenvalue weighted by Crippen LogP contribution is -2.20. The molecule has 0 saturated carbocycles. The lowest BCUT2D eigenvalue weighted by molar-refractivity contribution is -0.122. The highest BCUT2D eigenvalue weighted by molar-refractivity contribution is 6.06. The molecule has 0 fully saturated rings. The van der Waals surface area contributed by atoms with Gasteiger partial charge in [-0.2, -0.15) is 0 Å². The van der Waals surface area contributed by atoms with Crippen molar-refractivity contribution < 1.29 is 18.4 Å². The standard InChI is InChI=1S/C16H12F2N2O2/c17-12-6-5-9(7-13(12)18)19-15(21)8-11-10-3-1-2-4-14(10)20-16(11)22/h1-7,11H,8H2,(H,19,21)(H,20,22). The molecular weight excluding hydrogens is 290 g/mol. The van der Waals surface area contributed by atoms with E-state index in [4.69, 9.17) is 0 Å². The van der Waals surface area contributed by atoms with Gasteiger partial charge in [0.25, 0.3) is 0 Å².